The molecule has 1 aromatic carbocycles. The Bertz CT molecular complexity index is 357. The molecule has 1 aromatic rings. The molecule has 0 fully saturated rings. The van der Waals surface area contributed by atoms with Gasteiger partial charge in [0.1, 0.15) is 5.82 Å². The second-order valence-corrected chi connectivity index (χ2v) is 5.26. The summed E-state index contributed by atoms with van der Waals surface area (Å²) < 4.78 is 13.7. The number of nitrogens with two attached hydrogens (primary N) is 1. The van der Waals surface area contributed by atoms with E-state index in [0.717, 1.165) is 0 Å². The Hall–Kier alpha value is -0.450. The van der Waals surface area contributed by atoms with Crippen LogP contribution in [-0.4, -0.2) is 11.1 Å². The SMILES string of the molecule is CC(C)CC(N)C(O)c1cc(F)ccc1Br. The van der Waals surface area contributed by atoms with Crippen LogP contribution < -0.4 is 5.73 Å². The molecule has 0 aromatic heterocycles. The molecule has 4 heteroatoms. The second-order valence-electron chi connectivity index (χ2n) is 4.40. The summed E-state index contributed by atoms with van der Waals surface area (Å²) in [6, 6.07) is 3.86. The van der Waals surface area contributed by atoms with Gasteiger partial charge in [-0.1, -0.05) is 29.8 Å². The lowest BCUT2D eigenvalue weighted by molar-refractivity contribution is 0.135. The third-order valence-corrected chi connectivity index (χ3v) is 3.15. The summed E-state index contributed by atoms with van der Waals surface area (Å²) in [5.41, 5.74) is 6.38. The van der Waals surface area contributed by atoms with Gasteiger partial charge in [-0.05, 0) is 36.1 Å². The van der Waals surface area contributed by atoms with Gasteiger partial charge in [0.25, 0.3) is 0 Å². The summed E-state index contributed by atoms with van der Waals surface area (Å²) in [6.07, 6.45) is -0.142. The highest BCUT2D eigenvalue weighted by molar-refractivity contribution is 9.10. The minimum Gasteiger partial charge on any atom is -0.387 e. The third kappa shape index (κ3) is 3.54. The van der Waals surface area contributed by atoms with Crippen molar-refractivity contribution in [3.63, 3.8) is 0 Å². The van der Waals surface area contributed by atoms with Crippen molar-refractivity contribution in [1.82, 2.24) is 0 Å². The fourth-order valence-corrected chi connectivity index (χ4v) is 2.13. The molecule has 0 heterocycles. The summed E-state index contributed by atoms with van der Waals surface area (Å²) in [5.74, 6) is 0.0333. The highest BCUT2D eigenvalue weighted by atomic mass is 79.9. The van der Waals surface area contributed by atoms with Crippen molar-refractivity contribution in [3.05, 3.63) is 34.1 Å². The lowest BCUT2D eigenvalue weighted by Gasteiger charge is -2.21. The molecule has 1 rings (SSSR count). The van der Waals surface area contributed by atoms with E-state index in [1.54, 1.807) is 6.07 Å². The molecule has 0 aliphatic carbocycles. The van der Waals surface area contributed by atoms with Gasteiger partial charge in [0.2, 0.25) is 0 Å². The predicted octanol–water partition coefficient (Wildman–Crippen LogP) is 3.00. The maximum absolute atomic E-state index is 13.1. The number of hydrogen-bond acceptors (Lipinski definition) is 2. The van der Waals surface area contributed by atoms with Crippen LogP contribution in [0.25, 0.3) is 0 Å². The highest BCUT2D eigenvalue weighted by Gasteiger charge is 2.20. The van der Waals surface area contributed by atoms with Crippen LogP contribution in [0.2, 0.25) is 0 Å². The normalized spacial score (nSPS) is 15.2. The van der Waals surface area contributed by atoms with Gasteiger partial charge in [-0.25, -0.2) is 4.39 Å². The summed E-state index contributed by atoms with van der Waals surface area (Å²) in [6.45, 7) is 4.07. The zero-order valence-electron chi connectivity index (χ0n) is 9.45. The highest BCUT2D eigenvalue weighted by Crippen LogP contribution is 2.27. The molecule has 0 amide bonds. The molecule has 0 aliphatic rings. The summed E-state index contributed by atoms with van der Waals surface area (Å²) in [5, 5.41) is 10.0. The molecular weight excluding hydrogens is 273 g/mol. The van der Waals surface area contributed by atoms with Crippen LogP contribution in [0, 0.1) is 11.7 Å². The van der Waals surface area contributed by atoms with Gasteiger partial charge in [0.05, 0.1) is 6.10 Å². The van der Waals surface area contributed by atoms with E-state index in [-0.39, 0.29) is 11.9 Å². The molecule has 0 bridgehead atoms. The molecule has 0 spiro atoms. The van der Waals surface area contributed by atoms with Crippen molar-refractivity contribution in [2.75, 3.05) is 0 Å². The number of rotatable bonds is 4. The van der Waals surface area contributed by atoms with Gasteiger partial charge in [0.15, 0.2) is 0 Å². The zero-order chi connectivity index (χ0) is 12.3. The molecular formula is C12H17BrFNO. The monoisotopic (exact) mass is 289 g/mol. The van der Waals surface area contributed by atoms with Gasteiger partial charge in [0, 0.05) is 10.5 Å². The van der Waals surface area contributed by atoms with Crippen LogP contribution in [0.4, 0.5) is 4.39 Å². The number of aliphatic hydroxyl groups excluding tert-OH is 1. The first kappa shape index (κ1) is 13.6. The van der Waals surface area contributed by atoms with E-state index in [9.17, 15) is 9.50 Å². The van der Waals surface area contributed by atoms with Gasteiger partial charge in [-0.15, -0.1) is 0 Å². The predicted molar refractivity (Wildman–Crippen MR) is 66.5 cm³/mol. The van der Waals surface area contributed by atoms with Crippen LogP contribution >= 0.6 is 15.9 Å². The molecule has 0 radical (unpaired) electrons. The van der Waals surface area contributed by atoms with Gasteiger partial charge >= 0.3 is 0 Å². The molecule has 16 heavy (non-hydrogen) atoms. The second kappa shape index (κ2) is 5.75. The lowest BCUT2D eigenvalue weighted by atomic mass is 9.95. The Morgan fingerprint density at radius 1 is 1.44 bits per heavy atom. The molecule has 0 saturated carbocycles. The topological polar surface area (TPSA) is 46.2 Å². The summed E-state index contributed by atoms with van der Waals surface area (Å²) in [4.78, 5) is 0. The largest absolute Gasteiger partial charge is 0.387 e. The van der Waals surface area contributed by atoms with E-state index in [4.69, 9.17) is 5.73 Å². The molecule has 90 valence electrons. The minimum absolute atomic E-state index is 0.367. The fraction of sp³-hybridized carbons (Fsp3) is 0.500. The molecule has 0 aliphatic heterocycles. The Morgan fingerprint density at radius 2 is 2.06 bits per heavy atom. The van der Waals surface area contributed by atoms with Gasteiger partial charge in [-0.2, -0.15) is 0 Å². The van der Waals surface area contributed by atoms with E-state index in [0.29, 0.717) is 22.4 Å². The van der Waals surface area contributed by atoms with E-state index >= 15 is 0 Å². The average Bonchev–Trinajstić information content (AvgIpc) is 2.19. The van der Waals surface area contributed by atoms with Crippen molar-refractivity contribution >= 4 is 15.9 Å². The van der Waals surface area contributed by atoms with Crippen LogP contribution in [0.3, 0.4) is 0 Å². The molecule has 2 nitrogen and oxygen atoms in total. The van der Waals surface area contributed by atoms with Crippen molar-refractivity contribution in [3.8, 4) is 0 Å². The molecule has 2 atom stereocenters. The molecule has 2 unspecified atom stereocenters. The summed E-state index contributed by atoms with van der Waals surface area (Å²) >= 11 is 3.28. The smallest absolute Gasteiger partial charge is 0.123 e. The number of hydrogen-bond donors (Lipinski definition) is 2. The minimum atomic E-state index is -0.840. The maximum Gasteiger partial charge on any atom is 0.123 e. The van der Waals surface area contributed by atoms with Crippen LogP contribution in [0.1, 0.15) is 31.9 Å². The fourth-order valence-electron chi connectivity index (χ4n) is 1.65. The van der Waals surface area contributed by atoms with Crippen molar-refractivity contribution < 1.29 is 9.50 Å². The Labute approximate surface area is 104 Å². The van der Waals surface area contributed by atoms with Crippen molar-refractivity contribution in [1.29, 1.82) is 0 Å². The summed E-state index contributed by atoms with van der Waals surface area (Å²) in [7, 11) is 0. The average molecular weight is 290 g/mol. The maximum atomic E-state index is 13.1. The van der Waals surface area contributed by atoms with Gasteiger partial charge in [-0.3, -0.25) is 0 Å². The first-order valence-corrected chi connectivity index (χ1v) is 6.09. The van der Waals surface area contributed by atoms with Crippen LogP contribution in [-0.2, 0) is 0 Å². The van der Waals surface area contributed by atoms with E-state index < -0.39 is 6.10 Å². The third-order valence-electron chi connectivity index (χ3n) is 2.43. The van der Waals surface area contributed by atoms with Crippen LogP contribution in [0.15, 0.2) is 22.7 Å². The molecule has 3 N–H and O–H groups in total. The number of halogens is 2. The Morgan fingerprint density at radius 3 is 2.62 bits per heavy atom. The lowest BCUT2D eigenvalue weighted by Crippen LogP contribution is -2.30. The first-order valence-electron chi connectivity index (χ1n) is 5.30. The quantitative estimate of drug-likeness (QED) is 0.895. The number of aliphatic hydroxyl groups is 1. The van der Waals surface area contributed by atoms with E-state index in [2.05, 4.69) is 15.9 Å². The van der Waals surface area contributed by atoms with Gasteiger partial charge < -0.3 is 10.8 Å². The van der Waals surface area contributed by atoms with Crippen molar-refractivity contribution in [2.45, 2.75) is 32.4 Å². The van der Waals surface area contributed by atoms with E-state index in [1.165, 1.54) is 12.1 Å². The Kier molecular flexibility index (Phi) is 4.89. The first-order chi connectivity index (χ1) is 7.41. The molecule has 0 saturated heterocycles. The standard InChI is InChI=1S/C12H17BrFNO/c1-7(2)5-11(15)12(16)9-6-8(14)3-4-10(9)13/h3-4,6-7,11-12,16H,5,15H2,1-2H3. The van der Waals surface area contributed by atoms with Crippen LogP contribution in [0.5, 0.6) is 0 Å². The Balaban J connectivity index is 2.86. The van der Waals surface area contributed by atoms with E-state index in [1.807, 2.05) is 13.8 Å². The van der Waals surface area contributed by atoms with Crippen molar-refractivity contribution in [2.24, 2.45) is 11.7 Å². The zero-order valence-corrected chi connectivity index (χ0v) is 11.0. The number of benzene rings is 1.